The van der Waals surface area contributed by atoms with E-state index in [2.05, 4.69) is 38.3 Å². The number of carbonyl (C=O) groups excluding carboxylic acids is 2. The number of primary amides is 1. The maximum absolute atomic E-state index is 11.7. The van der Waals surface area contributed by atoms with Gasteiger partial charge in [0.05, 0.1) is 6.42 Å². The van der Waals surface area contributed by atoms with Gasteiger partial charge in [-0.1, -0.05) is 27.7 Å². The van der Waals surface area contributed by atoms with Crippen molar-refractivity contribution in [1.82, 2.24) is 10.6 Å². The fraction of sp³-hybridized carbons (Fsp3) is 0.769. The van der Waals surface area contributed by atoms with Crippen LogP contribution in [0.1, 0.15) is 34.1 Å². The van der Waals surface area contributed by atoms with Crippen molar-refractivity contribution in [1.29, 1.82) is 0 Å². The van der Waals surface area contributed by atoms with E-state index in [0.717, 1.165) is 0 Å². The highest BCUT2D eigenvalue weighted by Crippen LogP contribution is 2.67. The summed E-state index contributed by atoms with van der Waals surface area (Å²) in [5.74, 6) is -1.73. The molecule has 0 radical (unpaired) electrons. The van der Waals surface area contributed by atoms with Crippen molar-refractivity contribution in [2.24, 2.45) is 22.5 Å². The molecule has 1 aliphatic carbocycles. The summed E-state index contributed by atoms with van der Waals surface area (Å²) in [5, 5.41) is 13.8. The first kappa shape index (κ1) is 16.3. The highest BCUT2D eigenvalue weighted by Gasteiger charge is 2.64. The molecule has 1 unspecified atom stereocenters. The summed E-state index contributed by atoms with van der Waals surface area (Å²) in [4.78, 5) is 33.3. The van der Waals surface area contributed by atoms with Gasteiger partial charge < -0.3 is 21.5 Å². The number of hydrogen-bond acceptors (Lipinski definition) is 3. The second kappa shape index (κ2) is 5.30. The lowest BCUT2D eigenvalue weighted by atomic mass is 10.0. The zero-order valence-corrected chi connectivity index (χ0v) is 12.3. The van der Waals surface area contributed by atoms with Crippen LogP contribution in [0, 0.1) is 16.7 Å². The predicted octanol–water partition coefficient (Wildman–Crippen LogP) is 0.296. The number of hydrogen-bond donors (Lipinski definition) is 4. The molecule has 0 aromatic carbocycles. The van der Waals surface area contributed by atoms with E-state index in [1.54, 1.807) is 0 Å². The van der Waals surface area contributed by atoms with E-state index in [9.17, 15) is 14.4 Å². The third-order valence-electron chi connectivity index (χ3n) is 4.80. The number of nitrogens with two attached hydrogens (primary N) is 1. The van der Waals surface area contributed by atoms with Crippen molar-refractivity contribution in [2.75, 3.05) is 6.54 Å². The molecule has 7 heteroatoms. The summed E-state index contributed by atoms with van der Waals surface area (Å²) in [5.41, 5.74) is 5.21. The second-order valence-corrected chi connectivity index (χ2v) is 6.41. The Kier molecular flexibility index (Phi) is 4.31. The average Bonchev–Trinajstić information content (AvgIpc) is 2.65. The maximum Gasteiger partial charge on any atom is 0.326 e. The zero-order chi connectivity index (χ0) is 15.7. The SMILES string of the molecule is CC1(C)C(CNC(=O)NC(CC(N)=O)C(=O)O)C1(C)C. The molecule has 20 heavy (non-hydrogen) atoms. The van der Waals surface area contributed by atoms with Crippen LogP contribution in [0.25, 0.3) is 0 Å². The molecule has 7 nitrogen and oxygen atoms in total. The third-order valence-corrected chi connectivity index (χ3v) is 4.80. The monoisotopic (exact) mass is 285 g/mol. The number of carbonyl (C=O) groups is 3. The van der Waals surface area contributed by atoms with Crippen LogP contribution in [-0.4, -0.2) is 35.6 Å². The van der Waals surface area contributed by atoms with Gasteiger partial charge in [-0.25, -0.2) is 9.59 Å². The molecule has 0 heterocycles. The van der Waals surface area contributed by atoms with Crippen LogP contribution in [0.15, 0.2) is 0 Å². The molecule has 3 amide bonds. The topological polar surface area (TPSA) is 122 Å². The van der Waals surface area contributed by atoms with Gasteiger partial charge in [0.1, 0.15) is 6.04 Å². The molecule has 0 aliphatic heterocycles. The minimum Gasteiger partial charge on any atom is -0.480 e. The van der Waals surface area contributed by atoms with Crippen molar-refractivity contribution in [2.45, 2.75) is 40.2 Å². The van der Waals surface area contributed by atoms with Gasteiger partial charge in [0.25, 0.3) is 0 Å². The van der Waals surface area contributed by atoms with Crippen LogP contribution < -0.4 is 16.4 Å². The minimum absolute atomic E-state index is 0.139. The molecular formula is C13H23N3O4. The Morgan fingerprint density at radius 1 is 1.20 bits per heavy atom. The Bertz CT molecular complexity index is 417. The summed E-state index contributed by atoms with van der Waals surface area (Å²) in [6.07, 6.45) is -0.427. The third kappa shape index (κ3) is 3.20. The highest BCUT2D eigenvalue weighted by atomic mass is 16.4. The Hall–Kier alpha value is -1.79. The number of carboxylic acids is 1. The molecule has 114 valence electrons. The van der Waals surface area contributed by atoms with E-state index >= 15 is 0 Å². The summed E-state index contributed by atoms with van der Waals surface area (Å²) in [6.45, 7) is 8.98. The number of carboxylic acid groups (broad SMARTS) is 1. The van der Waals surface area contributed by atoms with Crippen molar-refractivity contribution in [3.05, 3.63) is 0 Å². The zero-order valence-electron chi connectivity index (χ0n) is 12.3. The number of nitrogens with one attached hydrogen (secondary N) is 2. The van der Waals surface area contributed by atoms with E-state index in [0.29, 0.717) is 12.5 Å². The van der Waals surface area contributed by atoms with Gasteiger partial charge in [-0.15, -0.1) is 0 Å². The highest BCUT2D eigenvalue weighted by molar-refractivity contribution is 5.87. The Morgan fingerprint density at radius 2 is 1.70 bits per heavy atom. The first-order valence-electron chi connectivity index (χ1n) is 6.55. The molecule has 1 atom stereocenters. The normalized spacial score (nSPS) is 20.8. The standard InChI is InChI=1S/C13H23N3O4/c1-12(2)8(13(12,3)4)6-15-11(20)16-7(10(18)19)5-9(14)17/h7-8H,5-6H2,1-4H3,(H2,14,17)(H,18,19)(H2,15,16,20). The van der Waals surface area contributed by atoms with Crippen LogP contribution in [0.3, 0.4) is 0 Å². The van der Waals surface area contributed by atoms with Crippen LogP contribution in [-0.2, 0) is 9.59 Å². The fourth-order valence-electron chi connectivity index (χ4n) is 2.65. The van der Waals surface area contributed by atoms with Crippen LogP contribution in [0.5, 0.6) is 0 Å². The van der Waals surface area contributed by atoms with Gasteiger partial charge in [-0.2, -0.15) is 0 Å². The summed E-state index contributed by atoms with van der Waals surface area (Å²) < 4.78 is 0. The molecule has 0 saturated heterocycles. The largest absolute Gasteiger partial charge is 0.480 e. The minimum atomic E-state index is -1.30. The summed E-state index contributed by atoms with van der Waals surface area (Å²) in [6, 6.07) is -1.90. The molecule has 1 rings (SSSR count). The molecule has 1 saturated carbocycles. The first-order valence-corrected chi connectivity index (χ1v) is 6.55. The van der Waals surface area contributed by atoms with E-state index in [1.165, 1.54) is 0 Å². The van der Waals surface area contributed by atoms with E-state index in [4.69, 9.17) is 10.8 Å². The number of rotatable bonds is 6. The lowest BCUT2D eigenvalue weighted by molar-refractivity contribution is -0.140. The van der Waals surface area contributed by atoms with Gasteiger partial charge >= 0.3 is 12.0 Å². The average molecular weight is 285 g/mol. The van der Waals surface area contributed by atoms with Crippen LogP contribution in [0.2, 0.25) is 0 Å². The molecule has 0 bridgehead atoms. The van der Waals surface area contributed by atoms with Gasteiger partial charge in [0, 0.05) is 6.54 Å². The lowest BCUT2D eigenvalue weighted by Gasteiger charge is -2.14. The Balaban J connectivity index is 2.44. The molecule has 1 fully saturated rings. The Morgan fingerprint density at radius 3 is 2.05 bits per heavy atom. The number of amides is 3. The smallest absolute Gasteiger partial charge is 0.326 e. The van der Waals surface area contributed by atoms with Gasteiger partial charge in [0.15, 0.2) is 0 Å². The van der Waals surface area contributed by atoms with Crippen LogP contribution >= 0.6 is 0 Å². The number of aliphatic carboxylic acids is 1. The van der Waals surface area contributed by atoms with Gasteiger partial charge in [-0.3, -0.25) is 4.79 Å². The number of urea groups is 1. The van der Waals surface area contributed by atoms with Gasteiger partial charge in [-0.05, 0) is 16.7 Å². The van der Waals surface area contributed by atoms with Crippen LogP contribution in [0.4, 0.5) is 4.79 Å². The summed E-state index contributed by atoms with van der Waals surface area (Å²) >= 11 is 0. The quantitative estimate of drug-likeness (QED) is 0.560. The van der Waals surface area contributed by atoms with E-state index in [1.807, 2.05) is 0 Å². The Labute approximate surface area is 118 Å². The van der Waals surface area contributed by atoms with Crippen molar-refractivity contribution < 1.29 is 19.5 Å². The fourth-order valence-corrected chi connectivity index (χ4v) is 2.65. The molecular weight excluding hydrogens is 262 g/mol. The lowest BCUT2D eigenvalue weighted by Crippen LogP contribution is -2.48. The summed E-state index contributed by atoms with van der Waals surface area (Å²) in [7, 11) is 0. The van der Waals surface area contributed by atoms with Crippen molar-refractivity contribution >= 4 is 17.9 Å². The predicted molar refractivity (Wildman–Crippen MR) is 72.8 cm³/mol. The van der Waals surface area contributed by atoms with Crippen molar-refractivity contribution in [3.63, 3.8) is 0 Å². The van der Waals surface area contributed by atoms with E-state index in [-0.39, 0.29) is 10.8 Å². The molecule has 1 aliphatic rings. The van der Waals surface area contributed by atoms with Gasteiger partial charge in [0.2, 0.25) is 5.91 Å². The molecule has 0 aromatic rings. The molecule has 0 aromatic heterocycles. The van der Waals surface area contributed by atoms with E-state index < -0.39 is 30.4 Å². The maximum atomic E-state index is 11.7. The second-order valence-electron chi connectivity index (χ2n) is 6.41. The first-order chi connectivity index (χ1) is 9.00. The molecule has 5 N–H and O–H groups in total. The van der Waals surface area contributed by atoms with Crippen molar-refractivity contribution in [3.8, 4) is 0 Å². The molecule has 0 spiro atoms.